The van der Waals surface area contributed by atoms with Crippen molar-refractivity contribution in [3.05, 3.63) is 0 Å². The molecule has 0 aromatic carbocycles. The summed E-state index contributed by atoms with van der Waals surface area (Å²) in [5.74, 6) is 0. The normalized spacial score (nSPS) is 0.500. The van der Waals surface area contributed by atoms with Crippen LogP contribution in [-0.2, 0) is 42.1 Å². The van der Waals surface area contributed by atoms with Gasteiger partial charge in [-0.05, 0) is 0 Å². The SMILES string of the molecule is O.O.O.O.O.O.O.O.O[OH2+].[W].[W]. The van der Waals surface area contributed by atoms with Gasteiger partial charge in [0.2, 0.25) is 0 Å². The molecular formula is H19O10W2+. The molecule has 12 heavy (non-hydrogen) atoms. The third kappa shape index (κ3) is 1150. The fourth-order valence-electron chi connectivity index (χ4n) is 0. The molecule has 0 aromatic heterocycles. The predicted octanol–water partition coefficient (Wildman–Crippen LogP) is -7.42. The summed E-state index contributed by atoms with van der Waals surface area (Å²) in [6.07, 6.45) is 0. The minimum absolute atomic E-state index is 0. The van der Waals surface area contributed by atoms with Crippen LogP contribution in [0.5, 0.6) is 0 Å². The van der Waals surface area contributed by atoms with Crippen LogP contribution in [0.1, 0.15) is 0 Å². The molecule has 0 aliphatic rings. The number of hydrogen-bond donors (Lipinski definition) is 1. The minimum atomic E-state index is 0. The Hall–Kier alpha value is 0.977. The average molecular weight is 547 g/mol. The van der Waals surface area contributed by atoms with E-state index in [9.17, 15) is 0 Å². The van der Waals surface area contributed by atoms with Crippen LogP contribution in [0.3, 0.4) is 0 Å². The monoisotopic (exact) mass is 547 g/mol. The summed E-state index contributed by atoms with van der Waals surface area (Å²) in [5, 5.41) is 11.0. The molecule has 0 aliphatic heterocycles. The molecule has 19 N–H and O–H groups in total. The van der Waals surface area contributed by atoms with Gasteiger partial charge in [0.15, 0.2) is 0 Å². The largest absolute Gasteiger partial charge is 0.412 e. The van der Waals surface area contributed by atoms with E-state index in [0.717, 1.165) is 0 Å². The van der Waals surface area contributed by atoms with E-state index >= 15 is 0 Å². The first-order valence-electron chi connectivity index (χ1n) is 0.224. The summed E-state index contributed by atoms with van der Waals surface area (Å²) in [4.78, 5) is 0. The Kier molecular flexibility index (Phi) is 60100. The van der Waals surface area contributed by atoms with Crippen molar-refractivity contribution < 1.29 is 96.5 Å². The Morgan fingerprint density at radius 3 is 0.417 bits per heavy atom. The molecular weight excluding hydrogens is 528 g/mol. The number of rotatable bonds is 0. The van der Waals surface area contributed by atoms with Crippen molar-refractivity contribution in [2.24, 2.45) is 0 Å². The summed E-state index contributed by atoms with van der Waals surface area (Å²) in [7, 11) is 0. The van der Waals surface area contributed by atoms with Crippen LogP contribution >= 0.6 is 0 Å². The van der Waals surface area contributed by atoms with Gasteiger partial charge in [-0.3, -0.25) is 5.26 Å². The van der Waals surface area contributed by atoms with Crippen LogP contribution in [0.25, 0.3) is 0 Å². The van der Waals surface area contributed by atoms with Gasteiger partial charge in [-0.15, -0.1) is 5.26 Å². The molecule has 0 amide bonds. The van der Waals surface area contributed by atoms with Crippen molar-refractivity contribution in [3.63, 3.8) is 0 Å². The minimum Gasteiger partial charge on any atom is -0.412 e. The van der Waals surface area contributed by atoms with Gasteiger partial charge in [-0.1, -0.05) is 0 Å². The van der Waals surface area contributed by atoms with E-state index in [0.29, 0.717) is 0 Å². The second kappa shape index (κ2) is 1510. The molecule has 0 bridgehead atoms. The maximum Gasteiger partial charge on any atom is 0 e. The van der Waals surface area contributed by atoms with Crippen LogP contribution in [-0.4, -0.2) is 54.3 Å². The summed E-state index contributed by atoms with van der Waals surface area (Å²) in [6.45, 7) is 0. The standard InChI is InChI=1S/H2O2.8H2O.2W/c1-2;;;;;;;;;;/h1-2H;8*1H2;;/p+1. The van der Waals surface area contributed by atoms with E-state index in [1.807, 2.05) is 0 Å². The van der Waals surface area contributed by atoms with Crippen LogP contribution < -0.4 is 0 Å². The molecule has 12 heteroatoms. The van der Waals surface area contributed by atoms with E-state index in [-0.39, 0.29) is 85.9 Å². The third-order valence-electron chi connectivity index (χ3n) is 0. The van der Waals surface area contributed by atoms with Crippen LogP contribution in [0.15, 0.2) is 0 Å². The second-order valence-electron chi connectivity index (χ2n) is 0. The maximum absolute atomic E-state index is 6.25. The summed E-state index contributed by atoms with van der Waals surface area (Å²) >= 11 is 0. The molecule has 0 heterocycles. The maximum atomic E-state index is 6.25. The fraction of sp³-hybridized carbons (Fsp3) is 0. The molecule has 0 saturated heterocycles. The van der Waals surface area contributed by atoms with Crippen molar-refractivity contribution in [2.45, 2.75) is 0 Å². The first kappa shape index (κ1) is 476. The smallest absolute Gasteiger partial charge is 0 e. The topological polar surface area (TPSA) is 295 Å². The zero-order chi connectivity index (χ0) is 2.00. The van der Waals surface area contributed by atoms with Gasteiger partial charge in [-0.25, -0.2) is 0 Å². The Bertz CT molecular complexity index is 7.80. The molecule has 0 unspecified atom stereocenters. The first-order chi connectivity index (χ1) is 1.00. The fourth-order valence-corrected chi connectivity index (χ4v) is 0. The van der Waals surface area contributed by atoms with Gasteiger partial charge in [0.1, 0.15) is 0 Å². The molecule has 10 nitrogen and oxygen atoms in total. The zero-order valence-corrected chi connectivity index (χ0v) is 11.6. The first-order valence-corrected chi connectivity index (χ1v) is 0.224. The second-order valence-corrected chi connectivity index (χ2v) is 0. The van der Waals surface area contributed by atoms with Crippen molar-refractivity contribution in [1.29, 1.82) is 0 Å². The quantitative estimate of drug-likeness (QED) is 0.173. The van der Waals surface area contributed by atoms with E-state index in [1.54, 1.807) is 0 Å². The summed E-state index contributed by atoms with van der Waals surface area (Å²) < 4.78 is 0. The Morgan fingerprint density at radius 2 is 0.417 bits per heavy atom. The Balaban J connectivity index is -0.000000000111. The van der Waals surface area contributed by atoms with Crippen molar-refractivity contribution in [3.8, 4) is 0 Å². The van der Waals surface area contributed by atoms with Gasteiger partial charge in [-0.2, -0.15) is 0 Å². The molecule has 0 rings (SSSR count). The average Bonchev–Trinajstić information content (AvgIpc) is 1.00. The van der Waals surface area contributed by atoms with Crippen LogP contribution in [0.2, 0.25) is 0 Å². The number of hydrogen-bond acceptors (Lipinski definition) is 1. The predicted molar refractivity (Wildman–Crippen MR) is 35.2 cm³/mol. The molecule has 0 aliphatic carbocycles. The van der Waals surface area contributed by atoms with Crippen LogP contribution in [0.4, 0.5) is 0 Å². The Labute approximate surface area is 96.5 Å². The molecule has 0 radical (unpaired) electrons. The molecule has 0 aromatic rings. The van der Waals surface area contributed by atoms with E-state index in [2.05, 4.69) is 0 Å². The van der Waals surface area contributed by atoms with Crippen molar-refractivity contribution in [2.75, 3.05) is 0 Å². The zero-order valence-electron chi connectivity index (χ0n) is 5.76. The third-order valence-corrected chi connectivity index (χ3v) is 0. The summed E-state index contributed by atoms with van der Waals surface area (Å²) in [6, 6.07) is 0. The van der Waals surface area contributed by atoms with E-state index < -0.39 is 0 Å². The van der Waals surface area contributed by atoms with Crippen molar-refractivity contribution in [1.82, 2.24) is 0 Å². The molecule has 0 fully saturated rings. The van der Waals surface area contributed by atoms with E-state index in [1.165, 1.54) is 0 Å². The van der Waals surface area contributed by atoms with Gasteiger partial charge < -0.3 is 43.8 Å². The van der Waals surface area contributed by atoms with Gasteiger partial charge in [0, 0.05) is 42.1 Å². The van der Waals surface area contributed by atoms with Gasteiger partial charge >= 0.3 is 0 Å². The Morgan fingerprint density at radius 1 is 0.417 bits per heavy atom. The summed E-state index contributed by atoms with van der Waals surface area (Å²) in [5.41, 5.74) is 0. The molecule has 0 atom stereocenters. The molecule has 0 spiro atoms. The van der Waals surface area contributed by atoms with Gasteiger partial charge in [0.25, 0.3) is 0 Å². The van der Waals surface area contributed by atoms with Gasteiger partial charge in [0.05, 0.1) is 0 Å². The van der Waals surface area contributed by atoms with Crippen molar-refractivity contribution >= 4 is 0 Å². The molecule has 0 saturated carbocycles. The van der Waals surface area contributed by atoms with Crippen LogP contribution in [0, 0.1) is 0 Å². The van der Waals surface area contributed by atoms with E-state index in [4.69, 9.17) is 10.5 Å². The molecule has 90 valence electrons.